The van der Waals surface area contributed by atoms with Gasteiger partial charge in [-0.2, -0.15) is 0 Å². The molecule has 0 aliphatic carbocycles. The quantitative estimate of drug-likeness (QED) is 0.649. The highest BCUT2D eigenvalue weighted by Gasteiger charge is 2.32. The molecule has 90 valence electrons. The summed E-state index contributed by atoms with van der Waals surface area (Å²) < 4.78 is 5.52. The van der Waals surface area contributed by atoms with Gasteiger partial charge in [0.05, 0.1) is 12.7 Å². The van der Waals surface area contributed by atoms with Crippen LogP contribution in [0.3, 0.4) is 0 Å². The minimum absolute atomic E-state index is 0.118. The van der Waals surface area contributed by atoms with Crippen LogP contribution in [-0.4, -0.2) is 35.9 Å². The topological polar surface area (TPSA) is 58.6 Å². The molecular weight excluding hydrogens is 194 g/mol. The number of hydrogen-bond acceptors (Lipinski definition) is 3. The number of carbonyl (C=O) groups is 1. The van der Waals surface area contributed by atoms with Crippen molar-refractivity contribution in [3.8, 4) is 0 Å². The van der Waals surface area contributed by atoms with Crippen molar-refractivity contribution in [3.05, 3.63) is 0 Å². The Morgan fingerprint density at radius 1 is 1.53 bits per heavy atom. The molecule has 0 saturated carbocycles. The summed E-state index contributed by atoms with van der Waals surface area (Å²) in [7, 11) is 0. The van der Waals surface area contributed by atoms with Gasteiger partial charge >= 0.3 is 5.97 Å². The molecule has 2 atom stereocenters. The first-order valence-electron chi connectivity index (χ1n) is 5.56. The highest BCUT2D eigenvalue weighted by molar-refractivity contribution is 5.78. The largest absolute Gasteiger partial charge is 0.480 e. The van der Waals surface area contributed by atoms with E-state index in [0.29, 0.717) is 6.54 Å². The Morgan fingerprint density at radius 3 is 2.53 bits per heavy atom. The molecule has 0 aromatic rings. The minimum Gasteiger partial charge on any atom is -0.480 e. The monoisotopic (exact) mass is 217 g/mol. The van der Waals surface area contributed by atoms with Crippen LogP contribution in [0, 0.1) is 0 Å². The molecule has 0 spiro atoms. The number of carboxylic acids is 1. The van der Waals surface area contributed by atoms with Crippen LogP contribution >= 0.6 is 0 Å². The number of nitrogens with one attached hydrogen (secondary N) is 1. The predicted molar refractivity (Wildman–Crippen MR) is 60.0 cm³/mol. The normalized spacial score (nSPS) is 17.1. The second-order valence-electron chi connectivity index (χ2n) is 4.08. The van der Waals surface area contributed by atoms with Crippen molar-refractivity contribution < 1.29 is 14.6 Å². The molecule has 0 bridgehead atoms. The van der Waals surface area contributed by atoms with Crippen molar-refractivity contribution in [2.75, 3.05) is 13.2 Å². The van der Waals surface area contributed by atoms with Crippen LogP contribution in [0.5, 0.6) is 0 Å². The van der Waals surface area contributed by atoms with Crippen LogP contribution in [-0.2, 0) is 9.53 Å². The predicted octanol–water partition coefficient (Wildman–Crippen LogP) is 1.64. The molecule has 0 radical (unpaired) electrons. The van der Waals surface area contributed by atoms with Gasteiger partial charge in [0.25, 0.3) is 0 Å². The number of rotatable bonds is 8. The third-order valence-electron chi connectivity index (χ3n) is 2.39. The van der Waals surface area contributed by atoms with Gasteiger partial charge in [0.2, 0.25) is 0 Å². The zero-order valence-electron chi connectivity index (χ0n) is 10.2. The van der Waals surface area contributed by atoms with Gasteiger partial charge < -0.3 is 15.2 Å². The summed E-state index contributed by atoms with van der Waals surface area (Å²) in [4.78, 5) is 11.0. The fraction of sp³-hybridized carbons (Fsp3) is 0.909. The zero-order valence-corrected chi connectivity index (χ0v) is 10.2. The summed E-state index contributed by atoms with van der Waals surface area (Å²) in [5.74, 6) is -0.868. The smallest absolute Gasteiger partial charge is 0.326 e. The second-order valence-corrected chi connectivity index (χ2v) is 4.08. The van der Waals surface area contributed by atoms with E-state index in [1.807, 2.05) is 13.8 Å². The van der Waals surface area contributed by atoms with E-state index in [4.69, 9.17) is 9.84 Å². The average molecular weight is 217 g/mol. The Kier molecular flexibility index (Phi) is 6.52. The van der Waals surface area contributed by atoms with Crippen LogP contribution in [0.1, 0.15) is 40.5 Å². The maximum Gasteiger partial charge on any atom is 0.326 e. The standard InChI is InChI=1S/C11H23NO3/c1-5-7-9(3)15-8-11(4,10(13)14)12-6-2/h9,12H,5-8H2,1-4H3,(H,13,14). The van der Waals surface area contributed by atoms with E-state index in [2.05, 4.69) is 12.2 Å². The minimum atomic E-state index is -0.975. The van der Waals surface area contributed by atoms with Crippen molar-refractivity contribution >= 4 is 5.97 Å². The zero-order chi connectivity index (χ0) is 11.9. The van der Waals surface area contributed by atoms with Gasteiger partial charge in [-0.1, -0.05) is 20.3 Å². The lowest BCUT2D eigenvalue weighted by molar-refractivity contribution is -0.147. The van der Waals surface area contributed by atoms with E-state index in [1.165, 1.54) is 0 Å². The van der Waals surface area contributed by atoms with Crippen LogP contribution in [0.2, 0.25) is 0 Å². The average Bonchev–Trinajstić information content (AvgIpc) is 2.15. The number of likely N-dealkylation sites (N-methyl/N-ethyl adjacent to an activating group) is 1. The third kappa shape index (κ3) is 5.14. The first-order chi connectivity index (χ1) is 6.96. The number of carboxylic acid groups (broad SMARTS) is 1. The molecule has 4 heteroatoms. The summed E-state index contributed by atoms with van der Waals surface area (Å²) in [6.45, 7) is 8.41. The van der Waals surface area contributed by atoms with Crippen LogP contribution < -0.4 is 5.32 Å². The number of aliphatic carboxylic acids is 1. The molecule has 2 N–H and O–H groups in total. The maximum atomic E-state index is 11.0. The van der Waals surface area contributed by atoms with E-state index in [0.717, 1.165) is 12.8 Å². The summed E-state index contributed by atoms with van der Waals surface area (Å²) in [6.07, 6.45) is 2.13. The molecule has 0 aliphatic rings. The first-order valence-corrected chi connectivity index (χ1v) is 5.56. The van der Waals surface area contributed by atoms with Crippen molar-refractivity contribution in [1.82, 2.24) is 5.32 Å². The van der Waals surface area contributed by atoms with Crippen LogP contribution in [0.25, 0.3) is 0 Å². The Labute approximate surface area is 92.0 Å². The summed E-state index contributed by atoms with van der Waals surface area (Å²) in [5, 5.41) is 12.0. The van der Waals surface area contributed by atoms with E-state index in [-0.39, 0.29) is 12.7 Å². The van der Waals surface area contributed by atoms with Gasteiger partial charge in [0.1, 0.15) is 5.54 Å². The van der Waals surface area contributed by atoms with Crippen molar-refractivity contribution in [2.24, 2.45) is 0 Å². The van der Waals surface area contributed by atoms with Gasteiger partial charge in [0.15, 0.2) is 0 Å². The summed E-state index contributed by atoms with van der Waals surface area (Å²) in [6, 6.07) is 0. The fourth-order valence-corrected chi connectivity index (χ4v) is 1.38. The van der Waals surface area contributed by atoms with E-state index >= 15 is 0 Å². The Hall–Kier alpha value is -0.610. The molecule has 0 rings (SSSR count). The van der Waals surface area contributed by atoms with Crippen molar-refractivity contribution in [1.29, 1.82) is 0 Å². The lowest BCUT2D eigenvalue weighted by atomic mass is 10.0. The van der Waals surface area contributed by atoms with Gasteiger partial charge in [-0.25, -0.2) is 0 Å². The molecule has 0 saturated heterocycles. The summed E-state index contributed by atoms with van der Waals surface area (Å²) in [5.41, 5.74) is -0.975. The molecule has 15 heavy (non-hydrogen) atoms. The molecule has 0 aromatic carbocycles. The lowest BCUT2D eigenvalue weighted by Gasteiger charge is -2.27. The first kappa shape index (κ1) is 14.4. The maximum absolute atomic E-state index is 11.0. The molecule has 0 amide bonds. The van der Waals surface area contributed by atoms with Crippen LogP contribution in [0.4, 0.5) is 0 Å². The molecule has 0 aromatic heterocycles. The van der Waals surface area contributed by atoms with E-state index in [1.54, 1.807) is 6.92 Å². The fourth-order valence-electron chi connectivity index (χ4n) is 1.38. The highest BCUT2D eigenvalue weighted by atomic mass is 16.5. The van der Waals surface area contributed by atoms with Gasteiger partial charge in [-0.3, -0.25) is 4.79 Å². The Balaban J connectivity index is 4.12. The van der Waals surface area contributed by atoms with Gasteiger partial charge in [-0.05, 0) is 26.8 Å². The van der Waals surface area contributed by atoms with Crippen molar-refractivity contribution in [3.63, 3.8) is 0 Å². The van der Waals surface area contributed by atoms with Crippen molar-refractivity contribution in [2.45, 2.75) is 52.2 Å². The van der Waals surface area contributed by atoms with Crippen LogP contribution in [0.15, 0.2) is 0 Å². The SMILES string of the molecule is CCCC(C)OCC(C)(NCC)C(=O)O. The molecular formula is C11H23NO3. The molecule has 0 heterocycles. The molecule has 2 unspecified atom stereocenters. The Bertz CT molecular complexity index is 196. The molecule has 0 aliphatic heterocycles. The molecule has 4 nitrogen and oxygen atoms in total. The Morgan fingerprint density at radius 2 is 2.13 bits per heavy atom. The van der Waals surface area contributed by atoms with Gasteiger partial charge in [0, 0.05) is 0 Å². The third-order valence-corrected chi connectivity index (χ3v) is 2.39. The molecule has 0 fully saturated rings. The lowest BCUT2D eigenvalue weighted by Crippen LogP contribution is -2.53. The van der Waals surface area contributed by atoms with E-state index < -0.39 is 11.5 Å². The second kappa shape index (κ2) is 6.80. The highest BCUT2D eigenvalue weighted by Crippen LogP contribution is 2.09. The number of hydrogen-bond donors (Lipinski definition) is 2. The van der Waals surface area contributed by atoms with E-state index in [9.17, 15) is 4.79 Å². The number of ether oxygens (including phenoxy) is 1. The summed E-state index contributed by atoms with van der Waals surface area (Å²) >= 11 is 0. The van der Waals surface area contributed by atoms with Gasteiger partial charge in [-0.15, -0.1) is 0 Å².